The van der Waals surface area contributed by atoms with Crippen molar-refractivity contribution in [3.05, 3.63) is 49.4 Å². The number of rotatable bonds is 9. The van der Waals surface area contributed by atoms with E-state index in [-0.39, 0.29) is 22.9 Å². The van der Waals surface area contributed by atoms with Crippen molar-refractivity contribution in [2.45, 2.75) is 32.7 Å². The van der Waals surface area contributed by atoms with Crippen LogP contribution in [0, 0.1) is 11.3 Å². The molecule has 4 rings (SSSR count). The minimum atomic E-state index is -0.196. The number of nitriles is 1. The molecule has 0 atom stereocenters. The van der Waals surface area contributed by atoms with Gasteiger partial charge in [-0.3, -0.25) is 14.2 Å². The van der Waals surface area contributed by atoms with Gasteiger partial charge in [0.05, 0.1) is 6.54 Å². The number of aromatic nitrogens is 1. The number of nitrogens with one attached hydrogen (secondary N) is 2. The Morgan fingerprint density at radius 3 is 2.89 bits per heavy atom. The van der Waals surface area contributed by atoms with Crippen LogP contribution in [0.3, 0.4) is 0 Å². The Labute approximate surface area is 208 Å². The highest BCUT2D eigenvalue weighted by atomic mass is 32.1. The summed E-state index contributed by atoms with van der Waals surface area (Å²) >= 11 is 1.21. The lowest BCUT2D eigenvalue weighted by atomic mass is 10.2. The number of hydrogen-bond donors (Lipinski definition) is 2. The Bertz CT molecular complexity index is 1310. The fourth-order valence-electron chi connectivity index (χ4n) is 4.18. The number of anilines is 1. The van der Waals surface area contributed by atoms with Crippen molar-refractivity contribution in [2.24, 2.45) is 4.99 Å². The van der Waals surface area contributed by atoms with Gasteiger partial charge in [-0.1, -0.05) is 6.07 Å². The normalized spacial score (nSPS) is 17.0. The van der Waals surface area contributed by atoms with Crippen LogP contribution in [0.25, 0.3) is 11.8 Å². The number of likely N-dealkylation sites (tertiary alicyclic amines) is 1. The van der Waals surface area contributed by atoms with E-state index in [0.717, 1.165) is 26.1 Å². The number of ether oxygens (including phenoxy) is 1. The zero-order valence-electron chi connectivity index (χ0n) is 19.9. The second-order valence-corrected chi connectivity index (χ2v) is 9.40. The van der Waals surface area contributed by atoms with Gasteiger partial charge in [0.25, 0.3) is 11.5 Å². The summed E-state index contributed by atoms with van der Waals surface area (Å²) in [6, 6.07) is 9.30. The van der Waals surface area contributed by atoms with Crippen LogP contribution in [0.4, 0.5) is 5.69 Å². The first-order valence-electron chi connectivity index (χ1n) is 12.0. The minimum absolute atomic E-state index is 0.118. The van der Waals surface area contributed by atoms with Gasteiger partial charge in [0.2, 0.25) is 5.90 Å². The topological polar surface area (TPSA) is 112 Å². The molecule has 1 aromatic heterocycles. The van der Waals surface area contributed by atoms with E-state index in [1.165, 1.54) is 24.2 Å². The number of benzene rings is 1. The Hall–Kier alpha value is -3.42. The van der Waals surface area contributed by atoms with Crippen molar-refractivity contribution in [1.82, 2.24) is 14.8 Å². The van der Waals surface area contributed by atoms with Crippen LogP contribution >= 0.6 is 11.3 Å². The van der Waals surface area contributed by atoms with Gasteiger partial charge in [-0.15, -0.1) is 11.3 Å². The standard InChI is InChI=1S/C25H30N6O3S/c1-2-31-24(33)21(35-25(31)20(16-26)23-28-10-14-34-23)17-29-19-8-5-7-18(15-19)22(32)27-9-6-13-30-11-3-4-12-30/h5,7-8,15,17,29H,2-4,6,9-14H2,1H3,(H,27,32). The molecule has 184 valence electrons. The summed E-state index contributed by atoms with van der Waals surface area (Å²) in [5.41, 5.74) is 1.33. The van der Waals surface area contributed by atoms with E-state index in [1.807, 2.05) is 13.0 Å². The molecule has 1 aromatic carbocycles. The molecule has 0 bridgehead atoms. The zero-order valence-corrected chi connectivity index (χ0v) is 20.7. The lowest BCUT2D eigenvalue weighted by Gasteiger charge is -2.14. The molecule has 10 heteroatoms. The van der Waals surface area contributed by atoms with Crippen molar-refractivity contribution in [3.8, 4) is 6.07 Å². The summed E-state index contributed by atoms with van der Waals surface area (Å²) in [5, 5.41) is 15.8. The predicted molar refractivity (Wildman–Crippen MR) is 138 cm³/mol. The number of aliphatic imine (C=N–C) groups is 1. The van der Waals surface area contributed by atoms with Crippen LogP contribution in [0.15, 0.2) is 34.1 Å². The minimum Gasteiger partial charge on any atom is -0.475 e. The third-order valence-corrected chi connectivity index (χ3v) is 7.11. The number of thiazole rings is 1. The molecule has 3 heterocycles. The lowest BCUT2D eigenvalue weighted by Crippen LogP contribution is -2.32. The smallest absolute Gasteiger partial charge is 0.270 e. The summed E-state index contributed by atoms with van der Waals surface area (Å²) in [4.78, 5) is 32.2. The van der Waals surface area contributed by atoms with Gasteiger partial charge in [0, 0.05) is 30.5 Å². The maximum Gasteiger partial charge on any atom is 0.270 e. The molecule has 1 fully saturated rings. The first kappa shape index (κ1) is 24.7. The average molecular weight is 495 g/mol. The Morgan fingerprint density at radius 1 is 1.34 bits per heavy atom. The second kappa shape index (κ2) is 11.8. The van der Waals surface area contributed by atoms with Gasteiger partial charge < -0.3 is 20.3 Å². The van der Waals surface area contributed by atoms with Crippen LogP contribution in [0.2, 0.25) is 0 Å². The molecule has 9 nitrogen and oxygen atoms in total. The first-order chi connectivity index (χ1) is 17.1. The molecule has 2 N–H and O–H groups in total. The van der Waals surface area contributed by atoms with Crippen molar-refractivity contribution >= 4 is 40.6 Å². The third-order valence-electron chi connectivity index (χ3n) is 5.98. The quantitative estimate of drug-likeness (QED) is 0.505. The molecule has 1 saturated heterocycles. The number of carbonyl (C=O) groups excluding carboxylic acids is 1. The average Bonchev–Trinajstić information content (AvgIpc) is 3.64. The summed E-state index contributed by atoms with van der Waals surface area (Å²) in [5.74, 6) is 0.169. The molecule has 2 aliphatic rings. The predicted octanol–water partition coefficient (Wildman–Crippen LogP) is 1.10. The summed E-state index contributed by atoms with van der Waals surface area (Å²) < 4.78 is 7.97. The Kier molecular flexibility index (Phi) is 8.34. The van der Waals surface area contributed by atoms with Crippen molar-refractivity contribution < 1.29 is 9.53 Å². The van der Waals surface area contributed by atoms with Gasteiger partial charge in [0.1, 0.15) is 27.4 Å². The van der Waals surface area contributed by atoms with Crippen LogP contribution in [0.1, 0.15) is 36.5 Å². The van der Waals surface area contributed by atoms with Gasteiger partial charge in [-0.2, -0.15) is 5.26 Å². The maximum atomic E-state index is 12.9. The molecular weight excluding hydrogens is 464 g/mol. The maximum absolute atomic E-state index is 12.9. The lowest BCUT2D eigenvalue weighted by molar-refractivity contribution is 0.0952. The molecule has 0 spiro atoms. The van der Waals surface area contributed by atoms with E-state index in [1.54, 1.807) is 29.0 Å². The zero-order chi connectivity index (χ0) is 24.6. The molecular formula is C25H30N6O3S. The van der Waals surface area contributed by atoms with Crippen molar-refractivity contribution in [1.29, 1.82) is 5.26 Å². The monoisotopic (exact) mass is 494 g/mol. The number of carbonyl (C=O) groups is 1. The fraction of sp³-hybridized carbons (Fsp3) is 0.440. The highest BCUT2D eigenvalue weighted by Gasteiger charge is 2.18. The summed E-state index contributed by atoms with van der Waals surface area (Å²) in [7, 11) is 0. The van der Waals surface area contributed by atoms with Crippen molar-refractivity contribution in [3.63, 3.8) is 0 Å². The molecule has 0 saturated carbocycles. The number of hydrogen-bond acceptors (Lipinski definition) is 8. The molecule has 0 aliphatic carbocycles. The summed E-state index contributed by atoms with van der Waals surface area (Å²) in [6.45, 7) is 7.19. The molecule has 1 amide bonds. The number of amides is 1. The van der Waals surface area contributed by atoms with E-state index >= 15 is 0 Å². The largest absolute Gasteiger partial charge is 0.475 e. The highest BCUT2D eigenvalue weighted by Crippen LogP contribution is 2.11. The van der Waals surface area contributed by atoms with E-state index in [2.05, 4.69) is 26.6 Å². The molecule has 35 heavy (non-hydrogen) atoms. The molecule has 2 aromatic rings. The first-order valence-corrected chi connectivity index (χ1v) is 12.8. The second-order valence-electron chi connectivity index (χ2n) is 8.37. The van der Waals surface area contributed by atoms with Gasteiger partial charge in [-0.25, -0.2) is 4.99 Å². The molecule has 0 unspecified atom stereocenters. The third kappa shape index (κ3) is 5.99. The van der Waals surface area contributed by atoms with Crippen LogP contribution in [-0.4, -0.2) is 60.6 Å². The molecule has 0 radical (unpaired) electrons. The summed E-state index contributed by atoms with van der Waals surface area (Å²) in [6.07, 6.45) is 5.08. The van der Waals surface area contributed by atoms with E-state index < -0.39 is 0 Å². The van der Waals surface area contributed by atoms with Gasteiger partial charge >= 0.3 is 0 Å². The Morgan fingerprint density at radius 2 is 2.17 bits per heavy atom. The van der Waals surface area contributed by atoms with Gasteiger partial charge in [-0.05, 0) is 64.0 Å². The van der Waals surface area contributed by atoms with Crippen LogP contribution in [-0.2, 0) is 11.3 Å². The molecule has 2 aliphatic heterocycles. The van der Waals surface area contributed by atoms with Crippen molar-refractivity contribution in [2.75, 3.05) is 44.6 Å². The van der Waals surface area contributed by atoms with Crippen LogP contribution < -0.4 is 25.4 Å². The highest BCUT2D eigenvalue weighted by molar-refractivity contribution is 7.07. The van der Waals surface area contributed by atoms with E-state index in [4.69, 9.17) is 4.74 Å². The Balaban J connectivity index is 1.47. The SMILES string of the molecule is CCn1c(=C(C#N)C2=NCCO2)sc(=CNc2cccc(C(=O)NCCCN3CCCC3)c2)c1=O. The van der Waals surface area contributed by atoms with E-state index in [0.29, 0.717) is 46.7 Å². The van der Waals surface area contributed by atoms with Gasteiger partial charge in [0.15, 0.2) is 0 Å². The van der Waals surface area contributed by atoms with E-state index in [9.17, 15) is 14.9 Å². The number of nitrogens with zero attached hydrogens (tertiary/aromatic N) is 4. The fourth-order valence-corrected chi connectivity index (χ4v) is 5.26. The van der Waals surface area contributed by atoms with Crippen LogP contribution in [0.5, 0.6) is 0 Å².